The van der Waals surface area contributed by atoms with Crippen LogP contribution in [0.25, 0.3) is 0 Å². The van der Waals surface area contributed by atoms with Crippen molar-refractivity contribution in [1.82, 2.24) is 4.90 Å². The Morgan fingerprint density at radius 2 is 2.00 bits per heavy atom. The number of carbonyl (C=O) groups is 2. The number of amides is 2. The fraction of sp³-hybridized carbons (Fsp3) is 0.385. The van der Waals surface area contributed by atoms with Gasteiger partial charge < -0.3 is 15.4 Å². The number of nitrogens with zero attached hydrogens (tertiary/aromatic N) is 1. The highest BCUT2D eigenvalue weighted by molar-refractivity contribution is 5.95. The van der Waals surface area contributed by atoms with Crippen molar-refractivity contribution in [3.63, 3.8) is 0 Å². The van der Waals surface area contributed by atoms with Crippen molar-refractivity contribution in [2.24, 2.45) is 11.7 Å². The third-order valence-corrected chi connectivity index (χ3v) is 3.21. The van der Waals surface area contributed by atoms with Crippen LogP contribution in [0.1, 0.15) is 16.8 Å². The first-order valence-electron chi connectivity index (χ1n) is 5.84. The SMILES string of the molecule is COc1ccc(C(=O)N2CCC(C(N)=O)C2)cc1. The Morgan fingerprint density at radius 1 is 1.33 bits per heavy atom. The number of hydrogen-bond donors (Lipinski definition) is 1. The predicted octanol–water partition coefficient (Wildman–Crippen LogP) is 0.643. The van der Waals surface area contributed by atoms with Crippen LogP contribution in [0.3, 0.4) is 0 Å². The van der Waals surface area contributed by atoms with Crippen molar-refractivity contribution < 1.29 is 14.3 Å². The maximum atomic E-state index is 12.1. The zero-order chi connectivity index (χ0) is 13.1. The second-order valence-electron chi connectivity index (χ2n) is 4.37. The van der Waals surface area contributed by atoms with Crippen LogP contribution < -0.4 is 10.5 Å². The summed E-state index contributed by atoms with van der Waals surface area (Å²) in [6, 6.07) is 6.93. The number of rotatable bonds is 3. The molecule has 1 atom stereocenters. The van der Waals surface area contributed by atoms with E-state index < -0.39 is 0 Å². The highest BCUT2D eigenvalue weighted by atomic mass is 16.5. The molecule has 0 aromatic heterocycles. The van der Waals surface area contributed by atoms with Crippen LogP contribution in [0.4, 0.5) is 0 Å². The Balaban J connectivity index is 2.05. The molecule has 2 amide bonds. The highest BCUT2D eigenvalue weighted by Gasteiger charge is 2.29. The standard InChI is InChI=1S/C13H16N2O3/c1-18-11-4-2-9(3-5-11)13(17)15-7-6-10(8-15)12(14)16/h2-5,10H,6-8H2,1H3,(H2,14,16). The summed E-state index contributed by atoms with van der Waals surface area (Å²) in [5.74, 6) is 0.0941. The molecule has 18 heavy (non-hydrogen) atoms. The first-order valence-corrected chi connectivity index (χ1v) is 5.84. The lowest BCUT2D eigenvalue weighted by Gasteiger charge is -2.16. The lowest BCUT2D eigenvalue weighted by Crippen LogP contribution is -2.31. The molecular weight excluding hydrogens is 232 g/mol. The number of ether oxygens (including phenoxy) is 1. The van der Waals surface area contributed by atoms with Crippen LogP contribution in [0.15, 0.2) is 24.3 Å². The Hall–Kier alpha value is -2.04. The molecule has 0 radical (unpaired) electrons. The number of methoxy groups -OCH3 is 1. The quantitative estimate of drug-likeness (QED) is 0.853. The fourth-order valence-corrected chi connectivity index (χ4v) is 2.09. The van der Waals surface area contributed by atoms with Crippen LogP contribution in [0.5, 0.6) is 5.75 Å². The third kappa shape index (κ3) is 2.45. The van der Waals surface area contributed by atoms with Crippen molar-refractivity contribution in [2.45, 2.75) is 6.42 Å². The van der Waals surface area contributed by atoms with Crippen LogP contribution in [0.2, 0.25) is 0 Å². The van der Waals surface area contributed by atoms with Crippen molar-refractivity contribution in [2.75, 3.05) is 20.2 Å². The van der Waals surface area contributed by atoms with Crippen molar-refractivity contribution in [3.8, 4) is 5.75 Å². The van der Waals surface area contributed by atoms with E-state index >= 15 is 0 Å². The van der Waals surface area contributed by atoms with E-state index in [2.05, 4.69) is 0 Å². The molecule has 1 unspecified atom stereocenters. The molecule has 0 bridgehead atoms. The molecule has 5 heteroatoms. The number of likely N-dealkylation sites (tertiary alicyclic amines) is 1. The number of nitrogens with two attached hydrogens (primary N) is 1. The van der Waals surface area contributed by atoms with Gasteiger partial charge in [-0.25, -0.2) is 0 Å². The predicted molar refractivity (Wildman–Crippen MR) is 66.2 cm³/mol. The smallest absolute Gasteiger partial charge is 0.253 e. The van der Waals surface area contributed by atoms with Gasteiger partial charge in [-0.1, -0.05) is 0 Å². The second-order valence-corrected chi connectivity index (χ2v) is 4.37. The highest BCUT2D eigenvalue weighted by Crippen LogP contribution is 2.19. The second kappa shape index (κ2) is 5.08. The molecule has 1 aromatic carbocycles. The van der Waals surface area contributed by atoms with E-state index in [-0.39, 0.29) is 17.7 Å². The average molecular weight is 248 g/mol. The molecule has 1 aliphatic rings. The van der Waals surface area contributed by atoms with Gasteiger partial charge in [0, 0.05) is 18.7 Å². The number of carbonyl (C=O) groups excluding carboxylic acids is 2. The average Bonchev–Trinajstić information content (AvgIpc) is 2.88. The fourth-order valence-electron chi connectivity index (χ4n) is 2.09. The molecule has 96 valence electrons. The van der Waals surface area contributed by atoms with E-state index in [0.717, 1.165) is 0 Å². The van der Waals surface area contributed by atoms with Crippen LogP contribution >= 0.6 is 0 Å². The molecule has 1 fully saturated rings. The Kier molecular flexibility index (Phi) is 3.50. The van der Waals surface area contributed by atoms with Gasteiger partial charge >= 0.3 is 0 Å². The van der Waals surface area contributed by atoms with Crippen LogP contribution in [0, 0.1) is 5.92 Å². The van der Waals surface area contributed by atoms with Gasteiger partial charge in [0.15, 0.2) is 0 Å². The monoisotopic (exact) mass is 248 g/mol. The summed E-state index contributed by atoms with van der Waals surface area (Å²) in [5, 5.41) is 0. The minimum Gasteiger partial charge on any atom is -0.497 e. The van der Waals surface area contributed by atoms with Gasteiger partial charge in [-0.15, -0.1) is 0 Å². The number of hydrogen-bond acceptors (Lipinski definition) is 3. The molecule has 2 N–H and O–H groups in total. The molecule has 0 saturated carbocycles. The van der Waals surface area contributed by atoms with E-state index in [9.17, 15) is 9.59 Å². The summed E-state index contributed by atoms with van der Waals surface area (Å²) in [7, 11) is 1.58. The van der Waals surface area contributed by atoms with Crippen molar-refractivity contribution >= 4 is 11.8 Å². The molecular formula is C13H16N2O3. The maximum Gasteiger partial charge on any atom is 0.253 e. The summed E-state index contributed by atoms with van der Waals surface area (Å²) in [5.41, 5.74) is 5.84. The van der Waals surface area contributed by atoms with E-state index in [0.29, 0.717) is 30.8 Å². The first kappa shape index (κ1) is 12.4. The molecule has 2 rings (SSSR count). The Labute approximate surface area is 106 Å². The van der Waals surface area contributed by atoms with Gasteiger partial charge in [0.2, 0.25) is 5.91 Å². The largest absolute Gasteiger partial charge is 0.497 e. The number of benzene rings is 1. The molecule has 1 aliphatic heterocycles. The maximum absolute atomic E-state index is 12.1. The minimum absolute atomic E-state index is 0.0681. The van der Waals surface area contributed by atoms with E-state index in [1.54, 1.807) is 36.3 Å². The van der Waals surface area contributed by atoms with Crippen molar-refractivity contribution in [1.29, 1.82) is 0 Å². The van der Waals surface area contributed by atoms with E-state index in [4.69, 9.17) is 10.5 Å². The van der Waals surface area contributed by atoms with Crippen LogP contribution in [-0.4, -0.2) is 36.9 Å². The van der Waals surface area contributed by atoms with Gasteiger partial charge in [0.05, 0.1) is 13.0 Å². The third-order valence-electron chi connectivity index (χ3n) is 3.21. The summed E-state index contributed by atoms with van der Waals surface area (Å²) in [4.78, 5) is 24.9. The van der Waals surface area contributed by atoms with Gasteiger partial charge in [-0.05, 0) is 30.7 Å². The topological polar surface area (TPSA) is 72.6 Å². The molecule has 1 saturated heterocycles. The van der Waals surface area contributed by atoms with Gasteiger partial charge in [0.25, 0.3) is 5.91 Å². The molecule has 0 aliphatic carbocycles. The first-order chi connectivity index (χ1) is 8.61. The van der Waals surface area contributed by atoms with Gasteiger partial charge in [-0.3, -0.25) is 9.59 Å². The van der Waals surface area contributed by atoms with Gasteiger partial charge in [-0.2, -0.15) is 0 Å². The summed E-state index contributed by atoms with van der Waals surface area (Å²) in [6.07, 6.45) is 0.650. The molecule has 1 heterocycles. The van der Waals surface area contributed by atoms with Crippen molar-refractivity contribution in [3.05, 3.63) is 29.8 Å². The Bertz CT molecular complexity index is 456. The minimum atomic E-state index is -0.333. The zero-order valence-corrected chi connectivity index (χ0v) is 10.3. The van der Waals surface area contributed by atoms with E-state index in [1.165, 1.54) is 0 Å². The lowest BCUT2D eigenvalue weighted by atomic mass is 10.1. The van der Waals surface area contributed by atoms with Gasteiger partial charge in [0.1, 0.15) is 5.75 Å². The lowest BCUT2D eigenvalue weighted by molar-refractivity contribution is -0.121. The van der Waals surface area contributed by atoms with Crippen LogP contribution in [-0.2, 0) is 4.79 Å². The molecule has 0 spiro atoms. The number of primary amides is 1. The van der Waals surface area contributed by atoms with E-state index in [1.807, 2.05) is 0 Å². The summed E-state index contributed by atoms with van der Waals surface area (Å²) in [6.45, 7) is 0.999. The zero-order valence-electron chi connectivity index (χ0n) is 10.3. The molecule has 1 aromatic rings. The molecule has 5 nitrogen and oxygen atoms in total. The normalized spacial score (nSPS) is 18.7. The summed E-state index contributed by atoms with van der Waals surface area (Å²) >= 11 is 0. The summed E-state index contributed by atoms with van der Waals surface area (Å²) < 4.78 is 5.04. The Morgan fingerprint density at radius 3 is 2.50 bits per heavy atom.